The number of hydrogen-bond acceptors (Lipinski definition) is 5. The fourth-order valence-electron chi connectivity index (χ4n) is 2.38. The van der Waals surface area contributed by atoms with Crippen LogP contribution in [0.4, 0.5) is 5.95 Å². The molecule has 2 aromatic heterocycles. The van der Waals surface area contributed by atoms with E-state index in [1.165, 1.54) is 4.57 Å². The highest BCUT2D eigenvalue weighted by molar-refractivity contribution is 5.73. The van der Waals surface area contributed by atoms with E-state index in [2.05, 4.69) is 20.5 Å². The second kappa shape index (κ2) is 4.09. The Hall–Kier alpha value is -1.89. The maximum Gasteiger partial charge on any atom is 0.265 e. The number of rotatable bonds is 2. The molecule has 0 amide bonds. The average Bonchev–Trinajstić information content (AvgIpc) is 2.96. The van der Waals surface area contributed by atoms with Crippen LogP contribution in [-0.4, -0.2) is 37.0 Å². The van der Waals surface area contributed by atoms with E-state index in [1.54, 1.807) is 13.2 Å². The van der Waals surface area contributed by atoms with Crippen LogP contribution in [0.2, 0.25) is 0 Å². The first-order valence-electron chi connectivity index (χ1n) is 6.02. The summed E-state index contributed by atoms with van der Waals surface area (Å²) >= 11 is 0. The molecule has 0 aromatic carbocycles. The maximum absolute atomic E-state index is 12.0. The minimum absolute atomic E-state index is 0.0421. The Morgan fingerprint density at radius 3 is 3.11 bits per heavy atom. The molecule has 7 heteroatoms. The van der Waals surface area contributed by atoms with Gasteiger partial charge in [-0.1, -0.05) is 0 Å². The highest BCUT2D eigenvalue weighted by Gasteiger charge is 2.26. The molecule has 1 saturated carbocycles. The molecular weight excluding hydrogens is 234 g/mol. The molecule has 0 radical (unpaired) electrons. The molecule has 0 spiro atoms. The zero-order chi connectivity index (χ0) is 12.7. The summed E-state index contributed by atoms with van der Waals surface area (Å²) in [6.07, 6.45) is 3.82. The lowest BCUT2D eigenvalue weighted by molar-refractivity contribution is 0.171. The molecule has 0 unspecified atom stereocenters. The van der Waals surface area contributed by atoms with Crippen molar-refractivity contribution in [2.45, 2.75) is 31.4 Å². The summed E-state index contributed by atoms with van der Waals surface area (Å²) in [4.78, 5) is 16.3. The fourth-order valence-corrected chi connectivity index (χ4v) is 2.38. The molecule has 1 aliphatic carbocycles. The van der Waals surface area contributed by atoms with Crippen molar-refractivity contribution in [3.63, 3.8) is 0 Å². The van der Waals surface area contributed by atoms with Crippen molar-refractivity contribution in [2.75, 3.05) is 5.32 Å². The molecule has 18 heavy (non-hydrogen) atoms. The van der Waals surface area contributed by atoms with Crippen LogP contribution in [0.5, 0.6) is 0 Å². The minimum Gasteiger partial charge on any atom is -0.391 e. The Morgan fingerprint density at radius 2 is 2.39 bits per heavy atom. The number of nitrogens with zero attached hydrogens (tertiary/aromatic N) is 3. The van der Waals surface area contributed by atoms with Crippen molar-refractivity contribution in [3.8, 4) is 0 Å². The molecule has 7 nitrogen and oxygen atoms in total. The van der Waals surface area contributed by atoms with Gasteiger partial charge in [-0.25, -0.2) is 0 Å². The summed E-state index contributed by atoms with van der Waals surface area (Å²) < 4.78 is 1.45. The SMILES string of the molecule is Cn1c(N[C@@H]2CCC[C@H]2O)nc2n[nH]cc2c1=O. The molecular formula is C11H15N5O2. The Labute approximate surface area is 103 Å². The van der Waals surface area contributed by atoms with Crippen LogP contribution in [0.15, 0.2) is 11.0 Å². The van der Waals surface area contributed by atoms with Gasteiger partial charge in [0.1, 0.15) is 5.39 Å². The third kappa shape index (κ3) is 1.67. The lowest BCUT2D eigenvalue weighted by Crippen LogP contribution is -2.32. The average molecular weight is 249 g/mol. The van der Waals surface area contributed by atoms with E-state index in [0.717, 1.165) is 19.3 Å². The van der Waals surface area contributed by atoms with Crippen molar-refractivity contribution < 1.29 is 5.11 Å². The first-order valence-corrected chi connectivity index (χ1v) is 6.02. The standard InChI is InChI=1S/C11H15N5O2/c1-16-10(18)6-5-12-15-9(6)14-11(16)13-7-3-2-4-8(7)17/h5,7-8,17H,2-4H2,1H3,(H2,12,13,14,15)/t7-,8-/m1/s1. The van der Waals surface area contributed by atoms with Gasteiger partial charge in [0.15, 0.2) is 5.65 Å². The van der Waals surface area contributed by atoms with Crippen LogP contribution in [0.1, 0.15) is 19.3 Å². The molecule has 3 N–H and O–H groups in total. The Morgan fingerprint density at radius 1 is 1.56 bits per heavy atom. The lowest BCUT2D eigenvalue weighted by atomic mass is 10.2. The van der Waals surface area contributed by atoms with E-state index in [1.807, 2.05) is 0 Å². The smallest absolute Gasteiger partial charge is 0.265 e. The van der Waals surface area contributed by atoms with Crippen molar-refractivity contribution in [1.29, 1.82) is 0 Å². The topological polar surface area (TPSA) is 95.8 Å². The molecule has 96 valence electrons. The van der Waals surface area contributed by atoms with Crippen molar-refractivity contribution >= 4 is 17.0 Å². The monoisotopic (exact) mass is 249 g/mol. The molecule has 0 bridgehead atoms. The number of nitrogens with one attached hydrogen (secondary N) is 2. The fraction of sp³-hybridized carbons (Fsp3) is 0.545. The van der Waals surface area contributed by atoms with Crippen molar-refractivity contribution in [3.05, 3.63) is 16.6 Å². The van der Waals surface area contributed by atoms with Gasteiger partial charge >= 0.3 is 0 Å². The molecule has 2 heterocycles. The number of aromatic nitrogens is 4. The summed E-state index contributed by atoms with van der Waals surface area (Å²) in [5.74, 6) is 0.450. The van der Waals surface area contributed by atoms with Gasteiger partial charge in [-0.15, -0.1) is 0 Å². The van der Waals surface area contributed by atoms with Gasteiger partial charge in [-0.2, -0.15) is 10.1 Å². The van der Waals surface area contributed by atoms with E-state index < -0.39 is 0 Å². The summed E-state index contributed by atoms with van der Waals surface area (Å²) in [6.45, 7) is 0. The zero-order valence-corrected chi connectivity index (χ0v) is 10.1. The summed E-state index contributed by atoms with van der Waals surface area (Å²) in [7, 11) is 1.66. The van der Waals surface area contributed by atoms with Gasteiger partial charge < -0.3 is 10.4 Å². The molecule has 1 aliphatic rings. The van der Waals surface area contributed by atoms with E-state index in [-0.39, 0.29) is 17.7 Å². The van der Waals surface area contributed by atoms with Crippen LogP contribution in [0.3, 0.4) is 0 Å². The number of anilines is 1. The predicted molar refractivity (Wildman–Crippen MR) is 66.4 cm³/mol. The first-order chi connectivity index (χ1) is 8.66. The van der Waals surface area contributed by atoms with E-state index in [9.17, 15) is 9.90 Å². The third-order valence-corrected chi connectivity index (χ3v) is 3.48. The lowest BCUT2D eigenvalue weighted by Gasteiger charge is -2.18. The van der Waals surface area contributed by atoms with Gasteiger partial charge in [0.25, 0.3) is 5.56 Å². The van der Waals surface area contributed by atoms with Gasteiger partial charge in [-0.05, 0) is 19.3 Å². The predicted octanol–water partition coefficient (Wildman–Crippen LogP) is -0.0181. The normalized spacial score (nSPS) is 23.7. The summed E-state index contributed by atoms with van der Waals surface area (Å²) in [5, 5.41) is 19.9. The van der Waals surface area contributed by atoms with Crippen molar-refractivity contribution in [2.24, 2.45) is 7.05 Å². The van der Waals surface area contributed by atoms with Gasteiger partial charge in [0.2, 0.25) is 5.95 Å². The Balaban J connectivity index is 2.01. The van der Waals surface area contributed by atoms with Crippen LogP contribution < -0.4 is 10.9 Å². The second-order valence-electron chi connectivity index (χ2n) is 4.67. The van der Waals surface area contributed by atoms with Crippen LogP contribution in [0.25, 0.3) is 11.0 Å². The number of hydrogen-bond donors (Lipinski definition) is 3. The number of fused-ring (bicyclic) bond motifs is 1. The van der Waals surface area contributed by atoms with E-state index in [0.29, 0.717) is 17.0 Å². The zero-order valence-electron chi connectivity index (χ0n) is 10.1. The van der Waals surface area contributed by atoms with E-state index >= 15 is 0 Å². The second-order valence-corrected chi connectivity index (χ2v) is 4.67. The quantitative estimate of drug-likeness (QED) is 0.695. The number of H-pyrrole nitrogens is 1. The van der Waals surface area contributed by atoms with Gasteiger partial charge in [0, 0.05) is 13.2 Å². The largest absolute Gasteiger partial charge is 0.391 e. The molecule has 1 fully saturated rings. The van der Waals surface area contributed by atoms with Crippen LogP contribution in [0, 0.1) is 0 Å². The Bertz CT molecular complexity index is 632. The third-order valence-electron chi connectivity index (χ3n) is 3.48. The maximum atomic E-state index is 12.0. The van der Waals surface area contributed by atoms with E-state index in [4.69, 9.17) is 0 Å². The molecule has 0 saturated heterocycles. The molecule has 2 aromatic rings. The Kier molecular flexibility index (Phi) is 2.55. The number of aliphatic hydroxyl groups is 1. The molecule has 0 aliphatic heterocycles. The molecule has 3 rings (SSSR count). The van der Waals surface area contributed by atoms with Crippen LogP contribution >= 0.6 is 0 Å². The van der Waals surface area contributed by atoms with Gasteiger partial charge in [0.05, 0.1) is 12.1 Å². The number of aromatic amines is 1. The van der Waals surface area contributed by atoms with Crippen LogP contribution in [-0.2, 0) is 7.05 Å². The summed E-state index contributed by atoms with van der Waals surface area (Å²) in [5.41, 5.74) is 0.247. The summed E-state index contributed by atoms with van der Waals surface area (Å²) in [6, 6.07) is -0.0421. The first kappa shape index (κ1) is 11.2. The highest BCUT2D eigenvalue weighted by atomic mass is 16.3. The highest BCUT2D eigenvalue weighted by Crippen LogP contribution is 2.22. The van der Waals surface area contributed by atoms with Crippen molar-refractivity contribution in [1.82, 2.24) is 19.7 Å². The van der Waals surface area contributed by atoms with Gasteiger partial charge in [-0.3, -0.25) is 14.5 Å². The molecule has 2 atom stereocenters. The number of aliphatic hydroxyl groups excluding tert-OH is 1. The minimum atomic E-state index is -0.378.